The summed E-state index contributed by atoms with van der Waals surface area (Å²) in [6, 6.07) is 3.81. The minimum absolute atomic E-state index is 0.178. The first kappa shape index (κ1) is 13.5. The molecule has 0 saturated heterocycles. The Hall–Kier alpha value is -0.580. The van der Waals surface area contributed by atoms with Crippen molar-refractivity contribution >= 4 is 28.8 Å². The molecule has 0 aliphatic heterocycles. The zero-order valence-electron chi connectivity index (χ0n) is 9.58. The Morgan fingerprint density at radius 1 is 1.62 bits per heavy atom. The van der Waals surface area contributed by atoms with Crippen LogP contribution in [0.3, 0.4) is 0 Å². The summed E-state index contributed by atoms with van der Waals surface area (Å²) in [6.07, 6.45) is -0.970. The molecule has 1 atom stereocenters. The Morgan fingerprint density at radius 3 is 2.69 bits per heavy atom. The second-order valence-corrected chi connectivity index (χ2v) is 6.10. The SMILES string of the molecule is CC(O)C(=O)NCC(C)(C)c1ccc(Cl)s1. The average molecular weight is 262 g/mol. The standard InChI is InChI=1S/C11H16ClNO2S/c1-7(14)10(15)13-6-11(2,3)8-4-5-9(12)16-8/h4-5,7,14H,6H2,1-3H3,(H,13,15). The predicted molar refractivity (Wildman–Crippen MR) is 67.0 cm³/mol. The molecule has 2 N–H and O–H groups in total. The lowest BCUT2D eigenvalue weighted by Crippen LogP contribution is -2.40. The van der Waals surface area contributed by atoms with Crippen molar-refractivity contribution in [2.24, 2.45) is 0 Å². The van der Waals surface area contributed by atoms with Crippen LogP contribution < -0.4 is 5.32 Å². The van der Waals surface area contributed by atoms with E-state index in [1.54, 1.807) is 0 Å². The third kappa shape index (κ3) is 3.47. The fraction of sp³-hybridized carbons (Fsp3) is 0.545. The van der Waals surface area contributed by atoms with Crippen LogP contribution in [0.5, 0.6) is 0 Å². The summed E-state index contributed by atoms with van der Waals surface area (Å²) in [7, 11) is 0. The van der Waals surface area contributed by atoms with Crippen LogP contribution in [0.25, 0.3) is 0 Å². The number of aliphatic hydroxyl groups excluding tert-OH is 1. The molecule has 0 aliphatic carbocycles. The number of nitrogens with one attached hydrogen (secondary N) is 1. The van der Waals surface area contributed by atoms with Crippen LogP contribution in [-0.2, 0) is 10.2 Å². The summed E-state index contributed by atoms with van der Waals surface area (Å²) >= 11 is 7.38. The fourth-order valence-corrected chi connectivity index (χ4v) is 2.36. The highest BCUT2D eigenvalue weighted by Crippen LogP contribution is 2.31. The minimum Gasteiger partial charge on any atom is -0.384 e. The Labute approximate surface area is 104 Å². The highest BCUT2D eigenvalue weighted by atomic mass is 35.5. The van der Waals surface area contributed by atoms with Gasteiger partial charge in [0, 0.05) is 16.8 Å². The van der Waals surface area contributed by atoms with E-state index < -0.39 is 6.10 Å². The third-order valence-corrected chi connectivity index (χ3v) is 3.92. The van der Waals surface area contributed by atoms with E-state index in [1.165, 1.54) is 18.3 Å². The lowest BCUT2D eigenvalue weighted by molar-refractivity contribution is -0.128. The van der Waals surface area contributed by atoms with Crippen LogP contribution in [0, 0.1) is 0 Å². The molecule has 1 heterocycles. The molecule has 0 spiro atoms. The molecule has 3 nitrogen and oxygen atoms in total. The maximum Gasteiger partial charge on any atom is 0.248 e. The summed E-state index contributed by atoms with van der Waals surface area (Å²) in [5, 5.41) is 11.8. The highest BCUT2D eigenvalue weighted by molar-refractivity contribution is 7.16. The quantitative estimate of drug-likeness (QED) is 0.873. The number of hydrogen-bond donors (Lipinski definition) is 2. The number of halogens is 1. The van der Waals surface area contributed by atoms with Gasteiger partial charge in [0.15, 0.2) is 0 Å². The van der Waals surface area contributed by atoms with E-state index in [9.17, 15) is 4.79 Å². The van der Waals surface area contributed by atoms with Crippen LogP contribution in [0.4, 0.5) is 0 Å². The smallest absolute Gasteiger partial charge is 0.248 e. The first-order valence-electron chi connectivity index (χ1n) is 5.04. The van der Waals surface area contributed by atoms with Crippen molar-refractivity contribution in [3.63, 3.8) is 0 Å². The van der Waals surface area contributed by atoms with Crippen molar-refractivity contribution in [1.29, 1.82) is 0 Å². The van der Waals surface area contributed by atoms with Crippen LogP contribution in [0.2, 0.25) is 4.34 Å². The normalized spacial score (nSPS) is 13.6. The molecule has 0 bridgehead atoms. The second kappa shape index (κ2) is 5.17. The molecule has 16 heavy (non-hydrogen) atoms. The van der Waals surface area contributed by atoms with Crippen molar-refractivity contribution in [2.75, 3.05) is 6.54 Å². The number of thiophene rings is 1. The van der Waals surface area contributed by atoms with Crippen LogP contribution >= 0.6 is 22.9 Å². The summed E-state index contributed by atoms with van der Waals surface area (Å²) < 4.78 is 0.741. The molecule has 1 amide bonds. The lowest BCUT2D eigenvalue weighted by Gasteiger charge is -2.24. The maximum absolute atomic E-state index is 11.2. The summed E-state index contributed by atoms with van der Waals surface area (Å²) in [6.45, 7) is 5.98. The van der Waals surface area contributed by atoms with Crippen molar-refractivity contribution in [3.8, 4) is 0 Å². The maximum atomic E-state index is 11.2. The van der Waals surface area contributed by atoms with Gasteiger partial charge in [-0.1, -0.05) is 25.4 Å². The van der Waals surface area contributed by atoms with Gasteiger partial charge in [-0.2, -0.15) is 0 Å². The van der Waals surface area contributed by atoms with Crippen LogP contribution in [0.15, 0.2) is 12.1 Å². The Kier molecular flexibility index (Phi) is 4.35. The summed E-state index contributed by atoms with van der Waals surface area (Å²) in [5.74, 6) is -0.351. The molecular weight excluding hydrogens is 246 g/mol. The van der Waals surface area contributed by atoms with E-state index in [0.29, 0.717) is 6.54 Å². The van der Waals surface area contributed by atoms with Crippen molar-refractivity contribution in [1.82, 2.24) is 5.32 Å². The predicted octanol–water partition coefficient (Wildman–Crippen LogP) is 2.18. The molecule has 0 saturated carbocycles. The fourth-order valence-electron chi connectivity index (χ4n) is 1.22. The number of amides is 1. The average Bonchev–Trinajstić information content (AvgIpc) is 2.61. The number of hydrogen-bond acceptors (Lipinski definition) is 3. The lowest BCUT2D eigenvalue weighted by atomic mass is 9.91. The second-order valence-electron chi connectivity index (χ2n) is 4.38. The van der Waals surface area contributed by atoms with Crippen molar-refractivity contribution in [3.05, 3.63) is 21.3 Å². The van der Waals surface area contributed by atoms with Gasteiger partial charge in [-0.05, 0) is 19.1 Å². The molecule has 1 aromatic rings. The van der Waals surface area contributed by atoms with Gasteiger partial charge in [0.05, 0.1) is 4.34 Å². The Morgan fingerprint density at radius 2 is 2.25 bits per heavy atom. The van der Waals surface area contributed by atoms with Gasteiger partial charge in [-0.25, -0.2) is 0 Å². The molecule has 1 rings (SSSR count). The summed E-state index contributed by atoms with van der Waals surface area (Å²) in [5.41, 5.74) is -0.178. The molecule has 5 heteroatoms. The molecular formula is C11H16ClNO2S. The topological polar surface area (TPSA) is 49.3 Å². The van der Waals surface area contributed by atoms with Crippen molar-refractivity contribution in [2.45, 2.75) is 32.3 Å². The minimum atomic E-state index is -0.970. The van der Waals surface area contributed by atoms with E-state index in [1.807, 2.05) is 26.0 Å². The molecule has 0 aliphatic rings. The van der Waals surface area contributed by atoms with Gasteiger partial charge < -0.3 is 10.4 Å². The van der Waals surface area contributed by atoms with E-state index in [0.717, 1.165) is 9.21 Å². The van der Waals surface area contributed by atoms with E-state index >= 15 is 0 Å². The van der Waals surface area contributed by atoms with Gasteiger partial charge in [-0.3, -0.25) is 4.79 Å². The number of aliphatic hydroxyl groups is 1. The molecule has 0 fully saturated rings. The zero-order chi connectivity index (χ0) is 12.3. The first-order valence-corrected chi connectivity index (χ1v) is 6.24. The first-order chi connectivity index (χ1) is 7.33. The van der Waals surface area contributed by atoms with Gasteiger partial charge >= 0.3 is 0 Å². The van der Waals surface area contributed by atoms with Gasteiger partial charge in [-0.15, -0.1) is 11.3 Å². The van der Waals surface area contributed by atoms with E-state index in [-0.39, 0.29) is 11.3 Å². The van der Waals surface area contributed by atoms with E-state index in [4.69, 9.17) is 16.7 Å². The molecule has 0 radical (unpaired) electrons. The van der Waals surface area contributed by atoms with Gasteiger partial charge in [0.2, 0.25) is 5.91 Å². The molecule has 1 unspecified atom stereocenters. The highest BCUT2D eigenvalue weighted by Gasteiger charge is 2.24. The Balaban J connectivity index is 2.62. The summed E-state index contributed by atoms with van der Waals surface area (Å²) in [4.78, 5) is 12.4. The monoisotopic (exact) mass is 261 g/mol. The Bertz CT molecular complexity index is 374. The number of carbonyl (C=O) groups is 1. The molecule has 1 aromatic heterocycles. The largest absolute Gasteiger partial charge is 0.384 e. The van der Waals surface area contributed by atoms with E-state index in [2.05, 4.69) is 5.32 Å². The van der Waals surface area contributed by atoms with Gasteiger partial charge in [0.1, 0.15) is 6.10 Å². The zero-order valence-corrected chi connectivity index (χ0v) is 11.2. The van der Waals surface area contributed by atoms with Gasteiger partial charge in [0.25, 0.3) is 0 Å². The van der Waals surface area contributed by atoms with Crippen LogP contribution in [0.1, 0.15) is 25.6 Å². The number of carbonyl (C=O) groups excluding carboxylic acids is 1. The van der Waals surface area contributed by atoms with Crippen molar-refractivity contribution < 1.29 is 9.90 Å². The molecule has 0 aromatic carbocycles. The number of rotatable bonds is 4. The third-order valence-electron chi connectivity index (χ3n) is 2.32. The van der Waals surface area contributed by atoms with Crippen LogP contribution in [-0.4, -0.2) is 23.7 Å². The molecule has 90 valence electrons.